The van der Waals surface area contributed by atoms with Gasteiger partial charge in [-0.2, -0.15) is 5.26 Å². The number of methoxy groups -OCH3 is 1. The Morgan fingerprint density at radius 3 is 2.83 bits per heavy atom. The lowest BCUT2D eigenvalue weighted by atomic mass is 10.0. The van der Waals surface area contributed by atoms with Crippen LogP contribution in [0, 0.1) is 17.2 Å². The Labute approximate surface area is 212 Å². The van der Waals surface area contributed by atoms with E-state index >= 15 is 0 Å². The highest BCUT2D eigenvalue weighted by Crippen LogP contribution is 2.24. The SMILES string of the molecule is C/N=C(/c1cnc2[nH]cc(C(=O)N[C@H](COC)C(=O)N3CC(C#N)C3)c2n1)c1ccc(Cl)cc1NC. The summed E-state index contributed by atoms with van der Waals surface area (Å²) in [5.41, 5.74) is 3.55. The van der Waals surface area contributed by atoms with Crippen molar-refractivity contribution < 1.29 is 14.3 Å². The van der Waals surface area contributed by atoms with Gasteiger partial charge in [-0.05, 0) is 18.2 Å². The van der Waals surface area contributed by atoms with E-state index in [1.54, 1.807) is 32.4 Å². The molecule has 12 heteroatoms. The van der Waals surface area contributed by atoms with Crippen molar-refractivity contribution in [1.29, 1.82) is 5.26 Å². The van der Waals surface area contributed by atoms with E-state index in [1.165, 1.54) is 18.2 Å². The number of nitrogens with zero attached hydrogens (tertiary/aromatic N) is 5. The molecule has 1 aromatic carbocycles. The summed E-state index contributed by atoms with van der Waals surface area (Å²) in [6, 6.07) is 6.61. The van der Waals surface area contributed by atoms with Crippen LogP contribution in [0.3, 0.4) is 0 Å². The maximum Gasteiger partial charge on any atom is 0.255 e. The third-order valence-corrected chi connectivity index (χ3v) is 6.15. The number of aromatic amines is 1. The molecule has 0 spiro atoms. The van der Waals surface area contributed by atoms with Crippen molar-refractivity contribution in [2.45, 2.75) is 6.04 Å². The summed E-state index contributed by atoms with van der Waals surface area (Å²) in [5, 5.41) is 15.4. The molecule has 2 aromatic heterocycles. The number of benzene rings is 1. The van der Waals surface area contributed by atoms with Gasteiger partial charge in [0.05, 0.1) is 36.1 Å². The standard InChI is InChI=1S/C24H25ClN8O3/c1-27-17-6-14(25)4-5-15(17)20(28-2)18-9-30-22-21(31-18)16(8-29-22)23(34)32-19(12-36-3)24(35)33-10-13(7-26)11-33/h4-6,8-9,13,19,27H,10-12H2,1-3H3,(H,29,30)(H,32,34)/b28-20+/t19-/m1/s1. The Bertz CT molecular complexity index is 1370. The number of aliphatic imine (C=N–C) groups is 1. The molecule has 4 rings (SSSR count). The number of hydrogen-bond acceptors (Lipinski definition) is 8. The minimum atomic E-state index is -0.900. The molecular weight excluding hydrogens is 484 g/mol. The summed E-state index contributed by atoms with van der Waals surface area (Å²) in [4.78, 5) is 44.0. The van der Waals surface area contributed by atoms with Crippen LogP contribution in [0.5, 0.6) is 0 Å². The first kappa shape index (κ1) is 25.1. The summed E-state index contributed by atoms with van der Waals surface area (Å²) in [6.45, 7) is 0.672. The van der Waals surface area contributed by atoms with Crippen molar-refractivity contribution in [3.05, 3.63) is 52.4 Å². The molecule has 0 unspecified atom stereocenters. The van der Waals surface area contributed by atoms with E-state index < -0.39 is 11.9 Å². The second-order valence-corrected chi connectivity index (χ2v) is 8.65. The van der Waals surface area contributed by atoms with Gasteiger partial charge in [0.15, 0.2) is 5.65 Å². The lowest BCUT2D eigenvalue weighted by Gasteiger charge is -2.37. The fourth-order valence-electron chi connectivity index (χ4n) is 4.02. The molecule has 0 saturated carbocycles. The van der Waals surface area contributed by atoms with E-state index in [0.717, 1.165) is 11.3 Å². The molecule has 1 fully saturated rings. The summed E-state index contributed by atoms with van der Waals surface area (Å²) >= 11 is 6.14. The number of aromatic nitrogens is 3. The molecule has 3 N–H and O–H groups in total. The van der Waals surface area contributed by atoms with E-state index in [2.05, 4.69) is 36.6 Å². The van der Waals surface area contributed by atoms with Crippen molar-refractivity contribution in [1.82, 2.24) is 25.2 Å². The number of fused-ring (bicyclic) bond motifs is 1. The van der Waals surface area contributed by atoms with Crippen molar-refractivity contribution >= 4 is 46.0 Å². The van der Waals surface area contributed by atoms with Crippen LogP contribution >= 0.6 is 11.6 Å². The smallest absolute Gasteiger partial charge is 0.255 e. The van der Waals surface area contributed by atoms with Gasteiger partial charge in [0, 0.05) is 56.8 Å². The monoisotopic (exact) mass is 508 g/mol. The van der Waals surface area contributed by atoms with Crippen molar-refractivity contribution in [2.75, 3.05) is 46.2 Å². The maximum atomic E-state index is 13.2. The number of amides is 2. The number of hydrogen-bond donors (Lipinski definition) is 3. The molecule has 3 aromatic rings. The molecule has 2 amide bonds. The number of rotatable bonds is 8. The van der Waals surface area contributed by atoms with Crippen LogP contribution in [-0.4, -0.2) is 84.3 Å². The predicted octanol–water partition coefficient (Wildman–Crippen LogP) is 1.85. The number of carbonyl (C=O) groups excluding carboxylic acids is 2. The molecule has 0 aliphatic carbocycles. The number of anilines is 1. The predicted molar refractivity (Wildman–Crippen MR) is 135 cm³/mol. The van der Waals surface area contributed by atoms with Gasteiger partial charge in [0.2, 0.25) is 5.91 Å². The first-order valence-corrected chi connectivity index (χ1v) is 11.5. The van der Waals surface area contributed by atoms with Crippen molar-refractivity contribution in [2.24, 2.45) is 10.9 Å². The van der Waals surface area contributed by atoms with E-state index in [-0.39, 0.29) is 24.0 Å². The molecule has 1 saturated heterocycles. The van der Waals surface area contributed by atoms with E-state index in [1.807, 2.05) is 6.07 Å². The summed E-state index contributed by atoms with van der Waals surface area (Å²) < 4.78 is 5.15. The first-order chi connectivity index (χ1) is 17.4. The van der Waals surface area contributed by atoms with Gasteiger partial charge in [-0.15, -0.1) is 0 Å². The maximum absolute atomic E-state index is 13.2. The normalized spacial score (nSPS) is 14.8. The number of halogens is 1. The highest BCUT2D eigenvalue weighted by molar-refractivity contribution is 6.31. The van der Waals surface area contributed by atoms with Crippen LogP contribution in [0.25, 0.3) is 11.2 Å². The topological polar surface area (TPSA) is 148 Å². The number of nitriles is 1. The second kappa shape index (κ2) is 10.7. The largest absolute Gasteiger partial charge is 0.388 e. The summed E-state index contributed by atoms with van der Waals surface area (Å²) in [5.74, 6) is -0.988. The molecule has 36 heavy (non-hydrogen) atoms. The van der Waals surface area contributed by atoms with Crippen LogP contribution in [0.2, 0.25) is 5.02 Å². The van der Waals surface area contributed by atoms with Gasteiger partial charge in [-0.25, -0.2) is 9.97 Å². The molecule has 0 radical (unpaired) electrons. The van der Waals surface area contributed by atoms with Gasteiger partial charge in [-0.1, -0.05) is 11.6 Å². The third-order valence-electron chi connectivity index (χ3n) is 5.91. The molecule has 1 aliphatic rings. The molecule has 3 heterocycles. The van der Waals surface area contributed by atoms with Crippen LogP contribution in [0.1, 0.15) is 21.6 Å². The number of likely N-dealkylation sites (tertiary alicyclic amines) is 1. The van der Waals surface area contributed by atoms with Gasteiger partial charge in [0.1, 0.15) is 17.3 Å². The molecule has 1 aliphatic heterocycles. The highest BCUT2D eigenvalue weighted by Gasteiger charge is 2.35. The van der Waals surface area contributed by atoms with Gasteiger partial charge in [0.25, 0.3) is 5.91 Å². The Balaban J connectivity index is 1.62. The van der Waals surface area contributed by atoms with Crippen LogP contribution < -0.4 is 10.6 Å². The summed E-state index contributed by atoms with van der Waals surface area (Å²) in [7, 11) is 4.88. The first-order valence-electron chi connectivity index (χ1n) is 11.2. The minimum absolute atomic E-state index is 0.00637. The Kier molecular flexibility index (Phi) is 7.47. The van der Waals surface area contributed by atoms with Gasteiger partial charge in [-0.3, -0.25) is 14.6 Å². The van der Waals surface area contributed by atoms with Crippen molar-refractivity contribution in [3.8, 4) is 6.07 Å². The Morgan fingerprint density at radius 1 is 1.39 bits per heavy atom. The summed E-state index contributed by atoms with van der Waals surface area (Å²) in [6.07, 6.45) is 3.07. The van der Waals surface area contributed by atoms with Gasteiger partial charge >= 0.3 is 0 Å². The number of nitrogens with one attached hydrogen (secondary N) is 3. The number of ether oxygens (including phenoxy) is 1. The minimum Gasteiger partial charge on any atom is -0.388 e. The molecule has 0 bridgehead atoms. The van der Waals surface area contributed by atoms with Crippen molar-refractivity contribution in [3.63, 3.8) is 0 Å². The molecule has 186 valence electrons. The third kappa shape index (κ3) is 4.86. The zero-order valence-electron chi connectivity index (χ0n) is 20.0. The Morgan fingerprint density at radius 2 is 2.17 bits per heavy atom. The fraction of sp³-hybridized carbons (Fsp3) is 0.333. The Hall–Kier alpha value is -4.01. The van der Waals surface area contributed by atoms with Crippen LogP contribution in [0.15, 0.2) is 35.6 Å². The fourth-order valence-corrected chi connectivity index (χ4v) is 4.19. The van der Waals surface area contributed by atoms with E-state index in [0.29, 0.717) is 40.7 Å². The average molecular weight is 509 g/mol. The molecular formula is C24H25ClN8O3. The van der Waals surface area contributed by atoms with Crippen LogP contribution in [0.4, 0.5) is 5.69 Å². The number of carbonyl (C=O) groups is 2. The average Bonchev–Trinajstić information content (AvgIpc) is 3.27. The van der Waals surface area contributed by atoms with E-state index in [4.69, 9.17) is 21.6 Å². The lowest BCUT2D eigenvalue weighted by Crippen LogP contribution is -2.57. The van der Waals surface area contributed by atoms with Crippen LogP contribution in [-0.2, 0) is 9.53 Å². The second-order valence-electron chi connectivity index (χ2n) is 8.22. The molecule has 11 nitrogen and oxygen atoms in total. The number of H-pyrrole nitrogens is 1. The lowest BCUT2D eigenvalue weighted by molar-refractivity contribution is -0.139. The van der Waals surface area contributed by atoms with E-state index in [9.17, 15) is 9.59 Å². The van der Waals surface area contributed by atoms with Gasteiger partial charge < -0.3 is 25.3 Å². The highest BCUT2D eigenvalue weighted by atomic mass is 35.5. The zero-order chi connectivity index (χ0) is 25.8. The zero-order valence-corrected chi connectivity index (χ0v) is 20.8. The molecule has 1 atom stereocenters. The quantitative estimate of drug-likeness (QED) is 0.393.